The second-order valence-corrected chi connectivity index (χ2v) is 5.57. The van der Waals surface area contributed by atoms with Crippen LogP contribution in [0.3, 0.4) is 0 Å². The standard InChI is InChI=1S/C17H21N5O3/c1-23-10-8-17(18)19-9-7-15(21-17)20-16-11-14(22-25-16)12-3-5-13(24-2)6-4-12/h3-7,9,11,19H,8,10,18H2,1-2H3,(H,20,21). The molecule has 1 aromatic carbocycles. The molecule has 0 bridgehead atoms. The largest absolute Gasteiger partial charge is 0.497 e. The molecule has 0 amide bonds. The van der Waals surface area contributed by atoms with Gasteiger partial charge in [-0.2, -0.15) is 0 Å². The zero-order valence-corrected chi connectivity index (χ0v) is 14.2. The van der Waals surface area contributed by atoms with Gasteiger partial charge in [-0.15, -0.1) is 0 Å². The summed E-state index contributed by atoms with van der Waals surface area (Å²) in [6, 6.07) is 9.37. The minimum atomic E-state index is -0.911. The zero-order valence-electron chi connectivity index (χ0n) is 14.2. The lowest BCUT2D eigenvalue weighted by atomic mass is 10.1. The van der Waals surface area contributed by atoms with Crippen molar-refractivity contribution in [3.8, 4) is 17.0 Å². The number of hydrogen-bond donors (Lipinski definition) is 3. The summed E-state index contributed by atoms with van der Waals surface area (Å²) in [4.78, 5) is 4.45. The van der Waals surface area contributed by atoms with Crippen molar-refractivity contribution in [2.75, 3.05) is 26.1 Å². The van der Waals surface area contributed by atoms with Gasteiger partial charge >= 0.3 is 0 Å². The lowest BCUT2D eigenvalue weighted by Gasteiger charge is -2.28. The van der Waals surface area contributed by atoms with Crippen molar-refractivity contribution < 1.29 is 14.0 Å². The Morgan fingerprint density at radius 3 is 2.80 bits per heavy atom. The van der Waals surface area contributed by atoms with E-state index in [1.54, 1.807) is 32.6 Å². The number of aliphatic imine (C=N–C) groups is 1. The van der Waals surface area contributed by atoms with Gasteiger partial charge in [0.1, 0.15) is 17.3 Å². The Balaban J connectivity index is 1.71. The molecule has 1 unspecified atom stereocenters. The van der Waals surface area contributed by atoms with Crippen LogP contribution in [0.25, 0.3) is 11.3 Å². The molecule has 8 nitrogen and oxygen atoms in total. The molecular formula is C17H21N5O3. The molecule has 0 aliphatic carbocycles. The predicted octanol–water partition coefficient (Wildman–Crippen LogP) is 1.93. The van der Waals surface area contributed by atoms with Gasteiger partial charge in [0.15, 0.2) is 5.79 Å². The molecule has 0 saturated carbocycles. The third-order valence-corrected chi connectivity index (χ3v) is 3.73. The first-order chi connectivity index (χ1) is 12.1. The summed E-state index contributed by atoms with van der Waals surface area (Å²) in [6.07, 6.45) is 4.05. The normalized spacial score (nSPS) is 19.2. The van der Waals surface area contributed by atoms with Crippen LogP contribution in [0.1, 0.15) is 6.42 Å². The fourth-order valence-corrected chi connectivity index (χ4v) is 2.36. The minimum Gasteiger partial charge on any atom is -0.497 e. The van der Waals surface area contributed by atoms with Gasteiger partial charge in [-0.3, -0.25) is 5.73 Å². The average Bonchev–Trinajstić information content (AvgIpc) is 3.08. The van der Waals surface area contributed by atoms with E-state index in [0.717, 1.165) is 11.3 Å². The maximum Gasteiger partial charge on any atom is 0.230 e. The fourth-order valence-electron chi connectivity index (χ4n) is 2.36. The third-order valence-electron chi connectivity index (χ3n) is 3.73. The molecule has 8 heteroatoms. The molecule has 25 heavy (non-hydrogen) atoms. The van der Waals surface area contributed by atoms with Crippen LogP contribution in [0, 0.1) is 0 Å². The highest BCUT2D eigenvalue weighted by atomic mass is 16.5. The molecule has 2 aromatic rings. The van der Waals surface area contributed by atoms with Crippen molar-refractivity contribution in [2.24, 2.45) is 10.7 Å². The number of ether oxygens (including phenoxy) is 2. The molecule has 1 atom stereocenters. The van der Waals surface area contributed by atoms with Crippen molar-refractivity contribution in [3.05, 3.63) is 42.6 Å². The van der Waals surface area contributed by atoms with E-state index in [4.69, 9.17) is 19.7 Å². The van der Waals surface area contributed by atoms with Crippen molar-refractivity contribution in [1.82, 2.24) is 10.5 Å². The molecule has 0 saturated heterocycles. The average molecular weight is 343 g/mol. The summed E-state index contributed by atoms with van der Waals surface area (Å²) < 4.78 is 15.5. The number of nitrogens with zero attached hydrogens (tertiary/aromatic N) is 2. The lowest BCUT2D eigenvalue weighted by Crippen LogP contribution is -2.52. The molecule has 1 aliphatic rings. The first-order valence-electron chi connectivity index (χ1n) is 7.82. The van der Waals surface area contributed by atoms with Crippen molar-refractivity contribution >= 4 is 11.7 Å². The summed E-state index contributed by atoms with van der Waals surface area (Å²) in [5, 5.41) is 10.2. The SMILES string of the molecule is COCCC1(N)N=C(Nc2cc(-c3ccc(OC)cc3)no2)C=CN1. The van der Waals surface area contributed by atoms with Gasteiger partial charge in [0, 0.05) is 31.4 Å². The number of hydrogen-bond acceptors (Lipinski definition) is 8. The van der Waals surface area contributed by atoms with Gasteiger partial charge in [0.2, 0.25) is 5.88 Å². The highest BCUT2D eigenvalue weighted by molar-refractivity contribution is 6.03. The molecule has 1 aliphatic heterocycles. The molecule has 0 fully saturated rings. The Hall–Kier alpha value is -2.84. The van der Waals surface area contributed by atoms with E-state index in [9.17, 15) is 0 Å². The molecule has 0 spiro atoms. The summed E-state index contributed by atoms with van der Waals surface area (Å²) in [6.45, 7) is 0.498. The fraction of sp³-hybridized carbons (Fsp3) is 0.294. The number of methoxy groups -OCH3 is 2. The Bertz CT molecular complexity index is 769. The monoisotopic (exact) mass is 343 g/mol. The van der Waals surface area contributed by atoms with Crippen LogP contribution < -0.4 is 21.1 Å². The summed E-state index contributed by atoms with van der Waals surface area (Å²) >= 11 is 0. The van der Waals surface area contributed by atoms with Gasteiger partial charge < -0.3 is 24.6 Å². The molecule has 0 radical (unpaired) electrons. The van der Waals surface area contributed by atoms with Crippen LogP contribution in [0.4, 0.5) is 5.88 Å². The molecular weight excluding hydrogens is 322 g/mol. The summed E-state index contributed by atoms with van der Waals surface area (Å²) in [5.74, 6) is 0.932. The van der Waals surface area contributed by atoms with Crippen LogP contribution in [-0.4, -0.2) is 37.6 Å². The number of aromatic nitrogens is 1. The van der Waals surface area contributed by atoms with E-state index < -0.39 is 5.79 Å². The quantitative estimate of drug-likeness (QED) is 0.735. The van der Waals surface area contributed by atoms with Crippen LogP contribution in [-0.2, 0) is 4.74 Å². The maximum atomic E-state index is 6.18. The molecule has 3 rings (SSSR count). The smallest absolute Gasteiger partial charge is 0.230 e. The maximum absolute atomic E-state index is 6.18. The second kappa shape index (κ2) is 7.37. The van der Waals surface area contributed by atoms with Crippen LogP contribution in [0.2, 0.25) is 0 Å². The van der Waals surface area contributed by atoms with Gasteiger partial charge in [-0.1, -0.05) is 5.16 Å². The lowest BCUT2D eigenvalue weighted by molar-refractivity contribution is 0.163. The van der Waals surface area contributed by atoms with Gasteiger partial charge in [-0.25, -0.2) is 4.99 Å². The highest BCUT2D eigenvalue weighted by Crippen LogP contribution is 2.24. The van der Waals surface area contributed by atoms with E-state index in [2.05, 4.69) is 20.8 Å². The van der Waals surface area contributed by atoms with Crippen LogP contribution in [0.5, 0.6) is 5.75 Å². The number of anilines is 1. The van der Waals surface area contributed by atoms with Gasteiger partial charge in [-0.05, 0) is 30.3 Å². The predicted molar refractivity (Wildman–Crippen MR) is 95.2 cm³/mol. The van der Waals surface area contributed by atoms with Crippen molar-refractivity contribution in [3.63, 3.8) is 0 Å². The zero-order chi connectivity index (χ0) is 17.7. The van der Waals surface area contributed by atoms with Gasteiger partial charge in [0.25, 0.3) is 0 Å². The number of benzene rings is 1. The number of amidine groups is 1. The molecule has 4 N–H and O–H groups in total. The number of nitrogens with one attached hydrogen (secondary N) is 2. The molecule has 2 heterocycles. The van der Waals surface area contributed by atoms with E-state index in [-0.39, 0.29) is 0 Å². The van der Waals surface area contributed by atoms with Crippen molar-refractivity contribution in [1.29, 1.82) is 0 Å². The first-order valence-corrected chi connectivity index (χ1v) is 7.82. The van der Waals surface area contributed by atoms with Crippen molar-refractivity contribution in [2.45, 2.75) is 12.2 Å². The highest BCUT2D eigenvalue weighted by Gasteiger charge is 2.25. The Morgan fingerprint density at radius 2 is 2.08 bits per heavy atom. The number of rotatable bonds is 6. The van der Waals surface area contributed by atoms with E-state index >= 15 is 0 Å². The van der Waals surface area contributed by atoms with Gasteiger partial charge in [0.05, 0.1) is 13.7 Å². The first kappa shape index (κ1) is 17.0. The summed E-state index contributed by atoms with van der Waals surface area (Å²) in [7, 11) is 3.25. The third kappa shape index (κ3) is 4.17. The van der Waals surface area contributed by atoms with E-state index in [1.807, 2.05) is 24.3 Å². The van der Waals surface area contributed by atoms with E-state index in [0.29, 0.717) is 30.4 Å². The number of nitrogens with two attached hydrogens (primary N) is 1. The minimum absolute atomic E-state index is 0.477. The molecule has 1 aromatic heterocycles. The Morgan fingerprint density at radius 1 is 1.28 bits per heavy atom. The Kier molecular flexibility index (Phi) is 5.01. The van der Waals surface area contributed by atoms with Crippen LogP contribution in [0.15, 0.2) is 52.1 Å². The summed E-state index contributed by atoms with van der Waals surface area (Å²) in [5.41, 5.74) is 7.82. The second-order valence-electron chi connectivity index (χ2n) is 5.57. The molecule has 132 valence electrons. The van der Waals surface area contributed by atoms with Crippen LogP contribution >= 0.6 is 0 Å². The van der Waals surface area contributed by atoms with E-state index in [1.165, 1.54) is 0 Å². The Labute approximate surface area is 145 Å². The topological polar surface area (TPSA) is 107 Å².